The summed E-state index contributed by atoms with van der Waals surface area (Å²) in [6.07, 6.45) is 0. The van der Waals surface area contributed by atoms with Crippen LogP contribution in [0.4, 0.5) is 0 Å². The van der Waals surface area contributed by atoms with Crippen LogP contribution in [0.25, 0.3) is 0 Å². The molecule has 2 N–H and O–H groups in total. The summed E-state index contributed by atoms with van der Waals surface area (Å²) in [4.78, 5) is 4.11. The molecule has 0 aliphatic heterocycles. The second-order valence-corrected chi connectivity index (χ2v) is 1.29. The van der Waals surface area contributed by atoms with Crippen LogP contribution in [-0.2, 0) is 10.0 Å². The Labute approximate surface area is 47.6 Å². The molecule has 0 heterocycles. The van der Waals surface area contributed by atoms with Gasteiger partial charge >= 0.3 is 0 Å². The molecular weight excluding hydrogens is 112 g/mol. The zero-order valence-corrected chi connectivity index (χ0v) is 4.92. The first kappa shape index (κ1) is 7.80. The molecule has 8 heavy (non-hydrogen) atoms. The maximum absolute atomic E-state index is 7.67. The van der Waals surface area contributed by atoms with Gasteiger partial charge < -0.3 is 5.32 Å². The molecule has 0 saturated heterocycles. The van der Waals surface area contributed by atoms with Crippen LogP contribution in [0.5, 0.6) is 0 Å². The van der Waals surface area contributed by atoms with E-state index in [9.17, 15) is 0 Å². The fourth-order valence-corrected chi connectivity index (χ4v) is 0.306. The molecule has 0 aromatic heterocycles. The van der Waals surface area contributed by atoms with E-state index in [1.54, 1.807) is 14.1 Å². The zero-order chi connectivity index (χ0) is 6.41. The van der Waals surface area contributed by atoms with E-state index in [0.29, 0.717) is 6.67 Å². The minimum Gasteiger partial charge on any atom is -0.305 e. The highest BCUT2D eigenvalue weighted by Gasteiger charge is 1.92. The monoisotopic (exact) mass is 122 g/mol. The van der Waals surface area contributed by atoms with Crippen LogP contribution in [0.3, 0.4) is 0 Å². The molecular formula is C3H10N2O3. The van der Waals surface area contributed by atoms with Gasteiger partial charge in [0.1, 0.15) is 0 Å². The zero-order valence-electron chi connectivity index (χ0n) is 4.92. The molecule has 0 unspecified atom stereocenters. The van der Waals surface area contributed by atoms with Crippen LogP contribution in [0.15, 0.2) is 0 Å². The molecule has 0 aliphatic rings. The molecule has 0 aromatic rings. The Balaban J connectivity index is 2.92. The predicted octanol–water partition coefficient (Wildman–Crippen LogP) is -0.569. The van der Waals surface area contributed by atoms with E-state index in [-0.39, 0.29) is 0 Å². The van der Waals surface area contributed by atoms with Gasteiger partial charge in [-0.15, -0.1) is 10.1 Å². The van der Waals surface area contributed by atoms with Crippen molar-refractivity contribution in [3.05, 3.63) is 0 Å². The molecule has 0 spiro atoms. The lowest BCUT2D eigenvalue weighted by atomic mass is 11.0. The summed E-state index contributed by atoms with van der Waals surface area (Å²) in [5.41, 5.74) is 0. The van der Waals surface area contributed by atoms with Crippen molar-refractivity contribution < 1.29 is 15.3 Å². The Kier molecular flexibility index (Phi) is 4.82. The van der Waals surface area contributed by atoms with E-state index in [1.807, 2.05) is 0 Å². The van der Waals surface area contributed by atoms with Gasteiger partial charge in [-0.25, -0.2) is 5.26 Å². The number of hydroxylamine groups is 2. The van der Waals surface area contributed by atoms with Crippen molar-refractivity contribution in [2.75, 3.05) is 20.8 Å². The molecule has 0 fully saturated rings. The quantitative estimate of drug-likeness (QED) is 0.297. The van der Waals surface area contributed by atoms with Crippen LogP contribution >= 0.6 is 0 Å². The lowest BCUT2D eigenvalue weighted by Crippen LogP contribution is -2.28. The third-order valence-corrected chi connectivity index (χ3v) is 0.541. The molecule has 0 aliphatic carbocycles. The number of rotatable bonds is 4. The first-order valence-electron chi connectivity index (χ1n) is 2.15. The molecule has 0 aromatic carbocycles. The molecule has 0 amide bonds. The summed E-state index contributed by atoms with van der Waals surface area (Å²) in [6.45, 7) is 0.487. The van der Waals surface area contributed by atoms with E-state index in [0.717, 1.165) is 0 Å². The Morgan fingerprint density at radius 1 is 1.75 bits per heavy atom. The molecule has 0 saturated carbocycles. The van der Waals surface area contributed by atoms with E-state index in [4.69, 9.17) is 5.26 Å². The minimum absolute atomic E-state index is 0.487. The molecule has 5 heteroatoms. The molecule has 0 radical (unpaired) electrons. The molecule has 5 nitrogen and oxygen atoms in total. The van der Waals surface area contributed by atoms with E-state index >= 15 is 0 Å². The summed E-state index contributed by atoms with van der Waals surface area (Å²) in [6, 6.07) is 0. The summed E-state index contributed by atoms with van der Waals surface area (Å²) < 4.78 is 0. The van der Waals surface area contributed by atoms with Gasteiger partial charge in [0, 0.05) is 7.05 Å². The third-order valence-electron chi connectivity index (χ3n) is 0.541. The first-order valence-corrected chi connectivity index (χ1v) is 2.15. The first-order chi connectivity index (χ1) is 3.81. The van der Waals surface area contributed by atoms with Gasteiger partial charge in [0.05, 0.1) is 6.67 Å². The Morgan fingerprint density at radius 2 is 2.38 bits per heavy atom. The number of hydrogen-bond donors (Lipinski definition) is 2. The smallest absolute Gasteiger partial charge is 0.0757 e. The maximum Gasteiger partial charge on any atom is 0.0757 e. The molecule has 0 rings (SSSR count). The second kappa shape index (κ2) is 4.95. The van der Waals surface area contributed by atoms with Gasteiger partial charge in [-0.2, -0.15) is 0 Å². The highest BCUT2D eigenvalue weighted by Crippen LogP contribution is 1.78. The summed E-state index contributed by atoms with van der Waals surface area (Å²) in [5.74, 6) is 0. The van der Waals surface area contributed by atoms with E-state index in [2.05, 4.69) is 15.3 Å². The van der Waals surface area contributed by atoms with Crippen LogP contribution in [0.2, 0.25) is 0 Å². The number of hydrogen-bond acceptors (Lipinski definition) is 5. The average Bonchev–Trinajstić information content (AvgIpc) is 1.68. The highest BCUT2D eigenvalue weighted by molar-refractivity contribution is 4.23. The third kappa shape index (κ3) is 3.97. The van der Waals surface area contributed by atoms with Gasteiger partial charge in [0.15, 0.2) is 0 Å². The Bertz CT molecular complexity index is 45.8. The molecule has 0 atom stereocenters. The van der Waals surface area contributed by atoms with Crippen LogP contribution in [0, 0.1) is 0 Å². The van der Waals surface area contributed by atoms with E-state index < -0.39 is 0 Å². The van der Waals surface area contributed by atoms with Crippen molar-refractivity contribution in [1.82, 2.24) is 10.4 Å². The van der Waals surface area contributed by atoms with Gasteiger partial charge in [-0.3, -0.25) is 0 Å². The Morgan fingerprint density at radius 3 is 2.75 bits per heavy atom. The van der Waals surface area contributed by atoms with Gasteiger partial charge in [0.25, 0.3) is 0 Å². The van der Waals surface area contributed by atoms with Gasteiger partial charge in [0.2, 0.25) is 0 Å². The Hall–Kier alpha value is -0.200. The molecule has 0 bridgehead atoms. The van der Waals surface area contributed by atoms with Crippen molar-refractivity contribution in [2.24, 2.45) is 0 Å². The summed E-state index contributed by atoms with van der Waals surface area (Å²) in [5, 5.41) is 15.1. The van der Waals surface area contributed by atoms with Gasteiger partial charge in [-0.05, 0) is 7.05 Å². The SMILES string of the molecule is CNCN(C)OOO. The van der Waals surface area contributed by atoms with Crippen LogP contribution in [0.1, 0.15) is 0 Å². The van der Waals surface area contributed by atoms with Crippen molar-refractivity contribution in [2.45, 2.75) is 0 Å². The topological polar surface area (TPSA) is 54.0 Å². The van der Waals surface area contributed by atoms with Crippen LogP contribution in [-0.4, -0.2) is 31.1 Å². The van der Waals surface area contributed by atoms with E-state index in [1.165, 1.54) is 5.06 Å². The summed E-state index contributed by atoms with van der Waals surface area (Å²) in [7, 11) is 3.35. The molecule has 50 valence electrons. The van der Waals surface area contributed by atoms with Crippen molar-refractivity contribution in [3.63, 3.8) is 0 Å². The fraction of sp³-hybridized carbons (Fsp3) is 1.00. The fourth-order valence-electron chi connectivity index (χ4n) is 0.306. The number of nitrogens with zero attached hydrogens (tertiary/aromatic N) is 1. The highest BCUT2D eigenvalue weighted by atomic mass is 17.5. The van der Waals surface area contributed by atoms with Crippen molar-refractivity contribution >= 4 is 0 Å². The van der Waals surface area contributed by atoms with Gasteiger partial charge in [-0.1, -0.05) is 5.04 Å². The summed E-state index contributed by atoms with van der Waals surface area (Å²) >= 11 is 0. The van der Waals surface area contributed by atoms with Crippen LogP contribution < -0.4 is 5.32 Å². The predicted molar refractivity (Wildman–Crippen MR) is 26.5 cm³/mol. The minimum atomic E-state index is 0.487. The standard InChI is InChI=1S/C3H10N2O3/c1-4-3-5(2)7-8-6/h4,6H,3H2,1-2H3. The lowest BCUT2D eigenvalue weighted by Gasteiger charge is -2.09. The lowest BCUT2D eigenvalue weighted by molar-refractivity contribution is -0.562. The second-order valence-electron chi connectivity index (χ2n) is 1.29. The van der Waals surface area contributed by atoms with Crippen molar-refractivity contribution in [1.29, 1.82) is 0 Å². The maximum atomic E-state index is 7.67. The normalized spacial score (nSPS) is 10.5. The van der Waals surface area contributed by atoms with Crippen molar-refractivity contribution in [3.8, 4) is 0 Å². The number of nitrogens with one attached hydrogen (secondary N) is 1. The largest absolute Gasteiger partial charge is 0.305 e. The average molecular weight is 122 g/mol.